The summed E-state index contributed by atoms with van der Waals surface area (Å²) in [7, 11) is 0. The van der Waals surface area contributed by atoms with E-state index in [1.165, 1.54) is 0 Å². The third-order valence-corrected chi connectivity index (χ3v) is 13.0. The first-order valence-corrected chi connectivity index (χ1v) is 21.4. The summed E-state index contributed by atoms with van der Waals surface area (Å²) in [6.07, 6.45) is 0. The SMILES string of the molecule is CC1(C)c2ccccc2Oc2cccc(-c3cc(-c4cccc5c4C(C)(C)c4ccccc4O5)c4oc5cccc(-c6nc(-c7ccccc7)nc(-c7ccccc7)n6)c5c4c3)c21. The molecule has 0 bridgehead atoms. The van der Waals surface area contributed by atoms with Crippen molar-refractivity contribution in [3.05, 3.63) is 198 Å². The summed E-state index contributed by atoms with van der Waals surface area (Å²) in [5, 5.41) is 1.88. The van der Waals surface area contributed by atoms with Gasteiger partial charge in [-0.3, -0.25) is 0 Å². The van der Waals surface area contributed by atoms with Crippen LogP contribution in [0.2, 0.25) is 0 Å². The van der Waals surface area contributed by atoms with Gasteiger partial charge < -0.3 is 13.9 Å². The zero-order valence-corrected chi connectivity index (χ0v) is 35.3. The molecule has 2 aliphatic heterocycles. The van der Waals surface area contributed by atoms with Gasteiger partial charge in [-0.15, -0.1) is 0 Å². The standard InChI is InChI=1S/C57H41N3O3/c1-56(2)42-25-11-13-27-44(42)61-47-30-15-22-37(50(47)56)36-32-40(38-23-16-31-48-51(38)57(3,4)43-26-12-14-28-45(43)62-48)52-41(33-36)49-39(24-17-29-46(49)63-52)55-59-53(34-18-7-5-8-19-34)58-54(60-55)35-20-9-6-10-21-35/h5-33H,1-4H3. The molecular weight excluding hydrogens is 775 g/mol. The van der Waals surface area contributed by atoms with Gasteiger partial charge in [-0.25, -0.2) is 15.0 Å². The van der Waals surface area contributed by atoms with Gasteiger partial charge in [0.15, 0.2) is 17.5 Å². The Hall–Kier alpha value is -7.83. The van der Waals surface area contributed by atoms with Gasteiger partial charge in [0.05, 0.1) is 0 Å². The van der Waals surface area contributed by atoms with Gasteiger partial charge in [0.2, 0.25) is 0 Å². The van der Waals surface area contributed by atoms with E-state index in [0.29, 0.717) is 17.5 Å². The molecule has 0 atom stereocenters. The van der Waals surface area contributed by atoms with Crippen molar-refractivity contribution < 1.29 is 13.9 Å². The molecule has 0 unspecified atom stereocenters. The number of nitrogens with zero attached hydrogens (tertiary/aromatic N) is 3. The molecule has 0 aliphatic carbocycles. The molecule has 0 saturated carbocycles. The molecule has 12 rings (SSSR count). The van der Waals surface area contributed by atoms with Crippen LogP contribution in [0, 0.1) is 0 Å². The molecule has 4 heterocycles. The fourth-order valence-corrected chi connectivity index (χ4v) is 10.0. The van der Waals surface area contributed by atoms with Crippen molar-refractivity contribution >= 4 is 21.9 Å². The molecule has 0 saturated heterocycles. The van der Waals surface area contributed by atoms with Crippen LogP contribution in [-0.4, -0.2) is 15.0 Å². The number of furan rings is 1. The Morgan fingerprint density at radius 2 is 0.857 bits per heavy atom. The van der Waals surface area contributed by atoms with Crippen molar-refractivity contribution in [2.45, 2.75) is 38.5 Å². The molecule has 8 aromatic carbocycles. The number of para-hydroxylation sites is 2. The Kier molecular flexibility index (Phi) is 8.13. The summed E-state index contributed by atoms with van der Waals surface area (Å²) in [5.41, 5.74) is 12.1. The molecule has 0 radical (unpaired) electrons. The van der Waals surface area contributed by atoms with E-state index < -0.39 is 5.41 Å². The minimum Gasteiger partial charge on any atom is -0.457 e. The largest absolute Gasteiger partial charge is 0.457 e. The van der Waals surface area contributed by atoms with Crippen LogP contribution in [0.15, 0.2) is 180 Å². The number of ether oxygens (including phenoxy) is 2. The second-order valence-corrected chi connectivity index (χ2v) is 17.5. The van der Waals surface area contributed by atoms with Gasteiger partial charge in [-0.1, -0.05) is 161 Å². The first-order chi connectivity index (χ1) is 30.7. The summed E-state index contributed by atoms with van der Waals surface area (Å²) in [6.45, 7) is 9.16. The van der Waals surface area contributed by atoms with E-state index in [0.717, 1.165) is 106 Å². The molecule has 0 fully saturated rings. The van der Waals surface area contributed by atoms with E-state index >= 15 is 0 Å². The van der Waals surface area contributed by atoms with Crippen LogP contribution < -0.4 is 9.47 Å². The van der Waals surface area contributed by atoms with Crippen LogP contribution in [-0.2, 0) is 10.8 Å². The molecule has 0 N–H and O–H groups in total. The number of benzene rings is 8. The topological polar surface area (TPSA) is 70.3 Å². The van der Waals surface area contributed by atoms with Crippen LogP contribution in [0.1, 0.15) is 49.9 Å². The predicted octanol–water partition coefficient (Wildman–Crippen LogP) is 15.0. The molecule has 2 aliphatic rings. The van der Waals surface area contributed by atoms with Gasteiger partial charge in [0, 0.05) is 66.1 Å². The highest BCUT2D eigenvalue weighted by atomic mass is 16.5. The van der Waals surface area contributed by atoms with E-state index in [4.69, 9.17) is 28.8 Å². The van der Waals surface area contributed by atoms with Crippen molar-refractivity contribution in [3.8, 4) is 79.4 Å². The highest BCUT2D eigenvalue weighted by Gasteiger charge is 2.39. The second kappa shape index (κ2) is 13.8. The number of fused-ring (bicyclic) bond motifs is 7. The molecule has 0 amide bonds. The summed E-state index contributed by atoms with van der Waals surface area (Å²) in [4.78, 5) is 15.4. The fourth-order valence-electron chi connectivity index (χ4n) is 10.0. The number of aromatic nitrogens is 3. The minimum atomic E-state index is -0.391. The van der Waals surface area contributed by atoms with Crippen LogP contribution in [0.25, 0.3) is 78.4 Å². The molecule has 63 heavy (non-hydrogen) atoms. The summed E-state index contributed by atoms with van der Waals surface area (Å²) < 4.78 is 20.5. The van der Waals surface area contributed by atoms with Gasteiger partial charge in [0.1, 0.15) is 34.2 Å². The smallest absolute Gasteiger partial charge is 0.164 e. The van der Waals surface area contributed by atoms with Crippen LogP contribution >= 0.6 is 0 Å². The Morgan fingerprint density at radius 3 is 1.46 bits per heavy atom. The van der Waals surface area contributed by atoms with E-state index in [9.17, 15) is 0 Å². The highest BCUT2D eigenvalue weighted by Crippen LogP contribution is 2.55. The maximum absolute atomic E-state index is 7.11. The predicted molar refractivity (Wildman–Crippen MR) is 252 cm³/mol. The zero-order chi connectivity index (χ0) is 42.5. The summed E-state index contributed by atoms with van der Waals surface area (Å²) >= 11 is 0. The zero-order valence-electron chi connectivity index (χ0n) is 35.3. The second-order valence-electron chi connectivity index (χ2n) is 17.5. The molecular formula is C57H41N3O3. The molecule has 6 nitrogen and oxygen atoms in total. The van der Waals surface area contributed by atoms with Gasteiger partial charge >= 0.3 is 0 Å². The maximum atomic E-state index is 7.11. The van der Waals surface area contributed by atoms with E-state index in [1.54, 1.807) is 0 Å². The fraction of sp³-hybridized carbons (Fsp3) is 0.105. The van der Waals surface area contributed by atoms with Crippen molar-refractivity contribution in [2.24, 2.45) is 0 Å². The monoisotopic (exact) mass is 815 g/mol. The normalized spacial score (nSPS) is 14.2. The minimum absolute atomic E-state index is 0.364. The number of hydrogen-bond donors (Lipinski definition) is 0. The molecule has 6 heteroatoms. The number of rotatable bonds is 5. The Labute approximate surface area is 365 Å². The first kappa shape index (κ1) is 37.0. The van der Waals surface area contributed by atoms with Gasteiger partial charge in [-0.2, -0.15) is 0 Å². The number of hydrogen-bond acceptors (Lipinski definition) is 6. The molecule has 2 aromatic heterocycles. The van der Waals surface area contributed by atoms with Crippen LogP contribution in [0.5, 0.6) is 23.0 Å². The van der Waals surface area contributed by atoms with Crippen molar-refractivity contribution in [1.29, 1.82) is 0 Å². The third-order valence-electron chi connectivity index (χ3n) is 13.0. The Balaban J connectivity index is 1.16. The van der Waals surface area contributed by atoms with Crippen molar-refractivity contribution in [1.82, 2.24) is 15.0 Å². The van der Waals surface area contributed by atoms with E-state index in [1.807, 2.05) is 84.9 Å². The van der Waals surface area contributed by atoms with Crippen LogP contribution in [0.4, 0.5) is 0 Å². The lowest BCUT2D eigenvalue weighted by molar-refractivity contribution is 0.418. The third kappa shape index (κ3) is 5.75. The van der Waals surface area contributed by atoms with Gasteiger partial charge in [-0.05, 0) is 59.2 Å². The van der Waals surface area contributed by atoms with Crippen LogP contribution in [0.3, 0.4) is 0 Å². The first-order valence-electron chi connectivity index (χ1n) is 21.4. The summed E-state index contributed by atoms with van der Waals surface area (Å²) in [6, 6.07) is 60.4. The van der Waals surface area contributed by atoms with Crippen molar-refractivity contribution in [3.63, 3.8) is 0 Å². The van der Waals surface area contributed by atoms with Gasteiger partial charge in [0.25, 0.3) is 0 Å². The lowest BCUT2D eigenvalue weighted by Gasteiger charge is -2.36. The molecule has 10 aromatic rings. The average Bonchev–Trinajstić information content (AvgIpc) is 3.70. The molecule has 302 valence electrons. The van der Waals surface area contributed by atoms with E-state index in [-0.39, 0.29) is 5.41 Å². The van der Waals surface area contributed by atoms with E-state index in [2.05, 4.69) is 119 Å². The Morgan fingerprint density at radius 1 is 0.381 bits per heavy atom. The maximum Gasteiger partial charge on any atom is 0.164 e. The lowest BCUT2D eigenvalue weighted by Crippen LogP contribution is -2.25. The average molecular weight is 816 g/mol. The molecule has 0 spiro atoms. The quantitative estimate of drug-likeness (QED) is 0.172. The highest BCUT2D eigenvalue weighted by molar-refractivity contribution is 6.16. The van der Waals surface area contributed by atoms with Crippen molar-refractivity contribution in [2.75, 3.05) is 0 Å². The summed E-state index contributed by atoms with van der Waals surface area (Å²) in [5.74, 6) is 5.21. The lowest BCUT2D eigenvalue weighted by atomic mass is 9.71. The Bertz CT molecular complexity index is 3400.